The molecule has 0 aliphatic rings. The zero-order valence-electron chi connectivity index (χ0n) is 14.1. The van der Waals surface area contributed by atoms with Gasteiger partial charge < -0.3 is 14.8 Å². The third kappa shape index (κ3) is 4.14. The molecule has 0 spiro atoms. The summed E-state index contributed by atoms with van der Waals surface area (Å²) in [4.78, 5) is 4.38. The van der Waals surface area contributed by atoms with Gasteiger partial charge in [-0.15, -0.1) is 0 Å². The molecule has 0 amide bonds. The summed E-state index contributed by atoms with van der Waals surface area (Å²) >= 11 is 1.48. The molecule has 0 aliphatic heterocycles. The molecular formula is C20H19N3O2S. The van der Waals surface area contributed by atoms with Gasteiger partial charge >= 0.3 is 0 Å². The van der Waals surface area contributed by atoms with Gasteiger partial charge in [0.25, 0.3) is 0 Å². The van der Waals surface area contributed by atoms with Gasteiger partial charge in [-0.25, -0.2) is 4.98 Å². The number of nitriles is 1. The lowest BCUT2D eigenvalue weighted by atomic mass is 10.1. The number of nitrogens with zero attached hydrogens (tertiary/aromatic N) is 3. The summed E-state index contributed by atoms with van der Waals surface area (Å²) < 4.78 is 1.83. The first kappa shape index (κ1) is 18.2. The van der Waals surface area contributed by atoms with Crippen LogP contribution in [0, 0.1) is 11.3 Å². The number of hydrogen-bond donors (Lipinski definition) is 2. The largest absolute Gasteiger partial charge is 0.390 e. The molecule has 132 valence electrons. The summed E-state index contributed by atoms with van der Waals surface area (Å²) in [6.07, 6.45) is 0.928. The maximum atomic E-state index is 10.5. The van der Waals surface area contributed by atoms with Crippen molar-refractivity contribution in [2.45, 2.75) is 30.2 Å². The molecule has 1 heterocycles. The average molecular weight is 365 g/mol. The molecule has 0 radical (unpaired) electrons. The van der Waals surface area contributed by atoms with Crippen molar-refractivity contribution < 1.29 is 10.2 Å². The van der Waals surface area contributed by atoms with E-state index in [1.807, 2.05) is 53.1 Å². The topological polar surface area (TPSA) is 82.1 Å². The van der Waals surface area contributed by atoms with Crippen molar-refractivity contribution in [3.63, 3.8) is 0 Å². The van der Waals surface area contributed by atoms with Crippen molar-refractivity contribution in [3.8, 4) is 6.07 Å². The van der Waals surface area contributed by atoms with Crippen molar-refractivity contribution >= 4 is 11.8 Å². The summed E-state index contributed by atoms with van der Waals surface area (Å²) in [5.74, 6) is 0.590. The van der Waals surface area contributed by atoms with Crippen LogP contribution in [0.1, 0.15) is 28.5 Å². The van der Waals surface area contributed by atoms with Crippen LogP contribution >= 0.6 is 11.8 Å². The zero-order chi connectivity index (χ0) is 18.4. The molecule has 0 fully saturated rings. The molecule has 0 unspecified atom stereocenters. The maximum Gasteiger partial charge on any atom is 0.168 e. The Morgan fingerprint density at radius 3 is 2.58 bits per heavy atom. The van der Waals surface area contributed by atoms with E-state index in [0.29, 0.717) is 28.7 Å². The molecule has 2 aromatic carbocycles. The fourth-order valence-electron chi connectivity index (χ4n) is 2.68. The monoisotopic (exact) mass is 365 g/mol. The van der Waals surface area contributed by atoms with Crippen LogP contribution in [-0.2, 0) is 18.9 Å². The van der Waals surface area contributed by atoms with Gasteiger partial charge in [-0.2, -0.15) is 5.26 Å². The molecule has 0 aliphatic carbocycles. The minimum Gasteiger partial charge on any atom is -0.390 e. The second kappa shape index (κ2) is 8.68. The molecule has 0 bridgehead atoms. The van der Waals surface area contributed by atoms with E-state index in [9.17, 15) is 15.5 Å². The van der Waals surface area contributed by atoms with Crippen molar-refractivity contribution in [2.24, 2.45) is 0 Å². The number of rotatable bonds is 7. The number of aliphatic hydroxyl groups excluding tert-OH is 2. The lowest BCUT2D eigenvalue weighted by Gasteiger charge is -2.16. The van der Waals surface area contributed by atoms with Gasteiger partial charge in [-0.05, 0) is 17.2 Å². The van der Waals surface area contributed by atoms with Gasteiger partial charge in [0.2, 0.25) is 0 Å². The highest BCUT2D eigenvalue weighted by atomic mass is 32.2. The zero-order valence-corrected chi connectivity index (χ0v) is 14.9. The minimum absolute atomic E-state index is 0.149. The first-order valence-corrected chi connectivity index (χ1v) is 9.20. The number of imidazole rings is 1. The van der Waals surface area contributed by atoms with E-state index < -0.39 is 6.10 Å². The van der Waals surface area contributed by atoms with Crippen molar-refractivity contribution in [3.05, 3.63) is 83.2 Å². The molecule has 6 heteroatoms. The molecule has 1 atom stereocenters. The number of aliphatic hydroxyl groups is 2. The molecule has 26 heavy (non-hydrogen) atoms. The summed E-state index contributed by atoms with van der Waals surface area (Å²) in [6.45, 7) is 0.159. The molecule has 3 aromatic rings. The fourth-order valence-corrected chi connectivity index (χ4v) is 3.69. The van der Waals surface area contributed by atoms with Crippen molar-refractivity contribution in [1.29, 1.82) is 5.26 Å². The summed E-state index contributed by atoms with van der Waals surface area (Å²) in [6, 6.07) is 19.1. The Bertz CT molecular complexity index is 903. The highest BCUT2D eigenvalue weighted by Crippen LogP contribution is 2.26. The molecule has 5 nitrogen and oxygen atoms in total. The van der Waals surface area contributed by atoms with E-state index in [1.54, 1.807) is 12.3 Å². The predicted molar refractivity (Wildman–Crippen MR) is 100 cm³/mol. The molecule has 0 saturated heterocycles. The quantitative estimate of drug-likeness (QED) is 0.628. The van der Waals surface area contributed by atoms with E-state index in [-0.39, 0.29) is 6.61 Å². The number of hydrogen-bond acceptors (Lipinski definition) is 5. The van der Waals surface area contributed by atoms with Crippen LogP contribution in [0.25, 0.3) is 0 Å². The van der Waals surface area contributed by atoms with Gasteiger partial charge in [0.1, 0.15) is 0 Å². The first-order chi connectivity index (χ1) is 12.7. The van der Waals surface area contributed by atoms with Crippen LogP contribution in [0.5, 0.6) is 0 Å². The normalized spacial score (nSPS) is 11.9. The lowest BCUT2D eigenvalue weighted by Crippen LogP contribution is -2.12. The number of aromatic nitrogens is 2. The fraction of sp³-hybridized carbons (Fsp3) is 0.200. The van der Waals surface area contributed by atoms with E-state index in [1.165, 1.54) is 11.8 Å². The average Bonchev–Trinajstić information content (AvgIpc) is 3.08. The molecular weight excluding hydrogens is 346 g/mol. The van der Waals surface area contributed by atoms with Gasteiger partial charge in [-0.1, -0.05) is 60.3 Å². The minimum atomic E-state index is -0.693. The van der Waals surface area contributed by atoms with E-state index >= 15 is 0 Å². The SMILES string of the molecule is N#Cc1ccccc1CSc1ncc(CO)n1C[C@@H](O)c1ccccc1. The van der Waals surface area contributed by atoms with Crippen LogP contribution in [0.3, 0.4) is 0 Å². The van der Waals surface area contributed by atoms with Gasteiger partial charge in [-0.3, -0.25) is 0 Å². The van der Waals surface area contributed by atoms with Crippen molar-refractivity contribution in [2.75, 3.05) is 0 Å². The van der Waals surface area contributed by atoms with E-state index in [0.717, 1.165) is 11.1 Å². The van der Waals surface area contributed by atoms with E-state index in [2.05, 4.69) is 11.1 Å². The third-order valence-corrected chi connectivity index (χ3v) is 5.14. The smallest absolute Gasteiger partial charge is 0.168 e. The van der Waals surface area contributed by atoms with E-state index in [4.69, 9.17) is 0 Å². The second-order valence-electron chi connectivity index (χ2n) is 5.78. The Hall–Kier alpha value is -2.59. The highest BCUT2D eigenvalue weighted by Gasteiger charge is 2.16. The predicted octanol–water partition coefficient (Wildman–Crippen LogP) is 3.27. The summed E-state index contributed by atoms with van der Waals surface area (Å²) in [5, 5.41) is 30.0. The van der Waals surface area contributed by atoms with Crippen LogP contribution in [0.4, 0.5) is 0 Å². The summed E-state index contributed by atoms with van der Waals surface area (Å²) in [5.41, 5.74) is 3.04. The Morgan fingerprint density at radius 1 is 1.12 bits per heavy atom. The molecule has 1 aromatic heterocycles. The Kier molecular flexibility index (Phi) is 6.08. The highest BCUT2D eigenvalue weighted by molar-refractivity contribution is 7.98. The third-order valence-electron chi connectivity index (χ3n) is 4.10. The Balaban J connectivity index is 1.78. The van der Waals surface area contributed by atoms with Crippen LogP contribution in [-0.4, -0.2) is 19.8 Å². The summed E-state index contributed by atoms with van der Waals surface area (Å²) in [7, 11) is 0. The van der Waals surface area contributed by atoms with Gasteiger partial charge in [0.15, 0.2) is 5.16 Å². The Labute approximate surface area is 156 Å². The van der Waals surface area contributed by atoms with Crippen LogP contribution in [0.15, 0.2) is 66.0 Å². The number of thioether (sulfide) groups is 1. The van der Waals surface area contributed by atoms with Gasteiger partial charge in [0.05, 0.1) is 42.8 Å². The van der Waals surface area contributed by atoms with Crippen molar-refractivity contribution in [1.82, 2.24) is 9.55 Å². The molecule has 0 saturated carbocycles. The van der Waals surface area contributed by atoms with Gasteiger partial charge in [0, 0.05) is 5.75 Å². The lowest BCUT2D eigenvalue weighted by molar-refractivity contribution is 0.148. The molecule has 3 rings (SSSR count). The Morgan fingerprint density at radius 2 is 1.85 bits per heavy atom. The second-order valence-corrected chi connectivity index (χ2v) is 6.73. The maximum absolute atomic E-state index is 10.5. The molecule has 2 N–H and O–H groups in total. The van der Waals surface area contributed by atoms with Crippen LogP contribution < -0.4 is 0 Å². The number of benzene rings is 2. The standard InChI is InChI=1S/C20H19N3O2S/c21-10-16-8-4-5-9-17(16)14-26-20-22-11-18(13-24)23(20)12-19(25)15-6-2-1-3-7-15/h1-9,11,19,24-25H,12-14H2/t19-/m1/s1. The van der Waals surface area contributed by atoms with Crippen LogP contribution in [0.2, 0.25) is 0 Å². The first-order valence-electron chi connectivity index (χ1n) is 8.22.